The fourth-order valence-electron chi connectivity index (χ4n) is 0.762. The smallest absolute Gasteiger partial charge is 0.119 e. The molecule has 0 bridgehead atoms. The molecule has 0 aromatic carbocycles. The summed E-state index contributed by atoms with van der Waals surface area (Å²) < 4.78 is 0.679. The first-order valence-corrected chi connectivity index (χ1v) is 3.97. The number of aromatic nitrogens is 2. The molecule has 1 aromatic rings. The summed E-state index contributed by atoms with van der Waals surface area (Å²) in [5, 5.41) is 6.89. The van der Waals surface area contributed by atoms with Crippen LogP contribution in [0.5, 0.6) is 0 Å². The Morgan fingerprint density at radius 3 is 2.36 bits per heavy atom. The molecule has 0 amide bonds. The standard InChI is InChI=1S/C8H12N2S/c1-8(2,3)6-4-5-7(11)10-9-6/h4-5H,1-3H3,(H,10,11). The number of H-pyrrole nitrogens is 1. The second-order valence-corrected chi connectivity index (χ2v) is 4.00. The van der Waals surface area contributed by atoms with Gasteiger partial charge in [-0.2, -0.15) is 5.10 Å². The van der Waals surface area contributed by atoms with Gasteiger partial charge in [0.1, 0.15) is 4.64 Å². The zero-order valence-electron chi connectivity index (χ0n) is 7.01. The summed E-state index contributed by atoms with van der Waals surface area (Å²) in [5.74, 6) is 0. The average Bonchev–Trinajstić information content (AvgIpc) is 1.86. The maximum atomic E-state index is 4.88. The van der Waals surface area contributed by atoms with Crippen molar-refractivity contribution in [3.63, 3.8) is 0 Å². The Morgan fingerprint density at radius 2 is 2.00 bits per heavy atom. The number of rotatable bonds is 0. The summed E-state index contributed by atoms with van der Waals surface area (Å²) in [6, 6.07) is 3.82. The molecule has 11 heavy (non-hydrogen) atoms. The van der Waals surface area contributed by atoms with Crippen LogP contribution in [0.2, 0.25) is 0 Å². The number of hydrogen-bond donors (Lipinski definition) is 1. The van der Waals surface area contributed by atoms with Crippen molar-refractivity contribution >= 4 is 12.2 Å². The van der Waals surface area contributed by atoms with Crippen LogP contribution in [-0.2, 0) is 5.41 Å². The number of nitrogens with zero attached hydrogens (tertiary/aromatic N) is 1. The van der Waals surface area contributed by atoms with Crippen LogP contribution in [-0.4, -0.2) is 10.2 Å². The van der Waals surface area contributed by atoms with Crippen molar-refractivity contribution in [3.8, 4) is 0 Å². The first-order chi connectivity index (χ1) is 5.00. The Balaban J connectivity index is 3.09. The van der Waals surface area contributed by atoms with Gasteiger partial charge in [0, 0.05) is 5.41 Å². The van der Waals surface area contributed by atoms with E-state index >= 15 is 0 Å². The van der Waals surface area contributed by atoms with E-state index < -0.39 is 0 Å². The first kappa shape index (κ1) is 8.40. The summed E-state index contributed by atoms with van der Waals surface area (Å²) in [7, 11) is 0. The van der Waals surface area contributed by atoms with E-state index in [1.165, 1.54) is 0 Å². The predicted octanol–water partition coefficient (Wildman–Crippen LogP) is 2.44. The quantitative estimate of drug-likeness (QED) is 0.603. The lowest BCUT2D eigenvalue weighted by Crippen LogP contribution is -2.13. The van der Waals surface area contributed by atoms with Gasteiger partial charge in [0.25, 0.3) is 0 Å². The highest BCUT2D eigenvalue weighted by Gasteiger charge is 2.14. The van der Waals surface area contributed by atoms with Crippen molar-refractivity contribution in [1.82, 2.24) is 10.2 Å². The molecule has 1 N–H and O–H groups in total. The third-order valence-electron chi connectivity index (χ3n) is 1.45. The van der Waals surface area contributed by atoms with Gasteiger partial charge in [-0.3, -0.25) is 5.10 Å². The molecule has 1 aromatic heterocycles. The van der Waals surface area contributed by atoms with Crippen LogP contribution in [0.15, 0.2) is 12.1 Å². The van der Waals surface area contributed by atoms with E-state index in [9.17, 15) is 0 Å². The van der Waals surface area contributed by atoms with E-state index in [4.69, 9.17) is 12.2 Å². The molecule has 0 aliphatic carbocycles. The van der Waals surface area contributed by atoms with E-state index in [2.05, 4.69) is 31.0 Å². The number of aromatic amines is 1. The zero-order chi connectivity index (χ0) is 8.48. The van der Waals surface area contributed by atoms with E-state index in [1.54, 1.807) is 0 Å². The van der Waals surface area contributed by atoms with Crippen LogP contribution in [0, 0.1) is 4.64 Å². The minimum absolute atomic E-state index is 0.0968. The monoisotopic (exact) mass is 168 g/mol. The molecule has 1 heterocycles. The molecular formula is C8H12N2S. The highest BCUT2D eigenvalue weighted by atomic mass is 32.1. The van der Waals surface area contributed by atoms with Crippen molar-refractivity contribution < 1.29 is 0 Å². The molecule has 0 aliphatic rings. The highest BCUT2D eigenvalue weighted by Crippen LogP contribution is 2.17. The summed E-state index contributed by atoms with van der Waals surface area (Å²) in [5.41, 5.74) is 1.13. The van der Waals surface area contributed by atoms with Crippen LogP contribution in [0.25, 0.3) is 0 Å². The van der Waals surface area contributed by atoms with Gasteiger partial charge >= 0.3 is 0 Å². The van der Waals surface area contributed by atoms with Crippen LogP contribution in [0.3, 0.4) is 0 Å². The van der Waals surface area contributed by atoms with Gasteiger partial charge in [0.2, 0.25) is 0 Å². The van der Waals surface area contributed by atoms with Gasteiger partial charge < -0.3 is 0 Å². The predicted molar refractivity (Wildman–Crippen MR) is 48.1 cm³/mol. The molecule has 2 nitrogen and oxygen atoms in total. The Kier molecular flexibility index (Phi) is 2.09. The summed E-state index contributed by atoms with van der Waals surface area (Å²) in [6.45, 7) is 6.35. The van der Waals surface area contributed by atoms with Crippen molar-refractivity contribution in [2.75, 3.05) is 0 Å². The van der Waals surface area contributed by atoms with Crippen molar-refractivity contribution in [3.05, 3.63) is 22.5 Å². The molecule has 0 spiro atoms. The largest absolute Gasteiger partial charge is 0.267 e. The van der Waals surface area contributed by atoms with Crippen LogP contribution < -0.4 is 0 Å². The molecule has 0 aliphatic heterocycles. The second kappa shape index (κ2) is 2.74. The number of hydrogen-bond acceptors (Lipinski definition) is 2. The topological polar surface area (TPSA) is 28.7 Å². The molecule has 0 saturated carbocycles. The van der Waals surface area contributed by atoms with E-state index in [-0.39, 0.29) is 5.41 Å². The first-order valence-electron chi connectivity index (χ1n) is 3.56. The lowest BCUT2D eigenvalue weighted by molar-refractivity contribution is 0.558. The molecule has 0 unspecified atom stereocenters. The average molecular weight is 168 g/mol. The van der Waals surface area contributed by atoms with Crippen LogP contribution in [0.4, 0.5) is 0 Å². The van der Waals surface area contributed by atoms with Crippen LogP contribution in [0.1, 0.15) is 26.5 Å². The SMILES string of the molecule is CC(C)(C)c1ccc(=S)[nH]n1. The Labute approximate surface area is 71.7 Å². The maximum absolute atomic E-state index is 4.88. The Hall–Kier alpha value is -0.700. The van der Waals surface area contributed by atoms with Gasteiger partial charge in [-0.1, -0.05) is 33.0 Å². The summed E-state index contributed by atoms with van der Waals surface area (Å²) in [6.07, 6.45) is 0. The van der Waals surface area contributed by atoms with Gasteiger partial charge in [-0.25, -0.2) is 0 Å². The molecule has 0 fully saturated rings. The molecule has 0 saturated heterocycles. The minimum Gasteiger partial charge on any atom is -0.267 e. The lowest BCUT2D eigenvalue weighted by atomic mass is 9.92. The lowest BCUT2D eigenvalue weighted by Gasteiger charge is -2.15. The molecule has 0 radical (unpaired) electrons. The molecule has 3 heteroatoms. The Bertz CT molecular complexity index is 275. The maximum Gasteiger partial charge on any atom is 0.119 e. The van der Waals surface area contributed by atoms with Crippen LogP contribution >= 0.6 is 12.2 Å². The highest BCUT2D eigenvalue weighted by molar-refractivity contribution is 7.71. The van der Waals surface area contributed by atoms with E-state index in [0.29, 0.717) is 4.64 Å². The summed E-state index contributed by atoms with van der Waals surface area (Å²) in [4.78, 5) is 0. The van der Waals surface area contributed by atoms with Gasteiger partial charge in [0.15, 0.2) is 0 Å². The Morgan fingerprint density at radius 1 is 1.36 bits per heavy atom. The van der Waals surface area contributed by atoms with Crippen molar-refractivity contribution in [2.45, 2.75) is 26.2 Å². The van der Waals surface area contributed by atoms with E-state index in [1.807, 2.05) is 12.1 Å². The van der Waals surface area contributed by atoms with Gasteiger partial charge in [0.05, 0.1) is 5.69 Å². The van der Waals surface area contributed by atoms with E-state index in [0.717, 1.165) is 5.69 Å². The van der Waals surface area contributed by atoms with Crippen molar-refractivity contribution in [2.24, 2.45) is 0 Å². The molecule has 0 atom stereocenters. The molecule has 1 rings (SSSR count). The third-order valence-corrected chi connectivity index (χ3v) is 1.67. The number of nitrogens with one attached hydrogen (secondary N) is 1. The normalized spacial score (nSPS) is 11.5. The minimum atomic E-state index is 0.0968. The fourth-order valence-corrected chi connectivity index (χ4v) is 0.876. The van der Waals surface area contributed by atoms with Gasteiger partial charge in [-0.05, 0) is 12.1 Å². The van der Waals surface area contributed by atoms with Crippen molar-refractivity contribution in [1.29, 1.82) is 0 Å². The molecular weight excluding hydrogens is 156 g/mol. The third kappa shape index (κ3) is 2.12. The van der Waals surface area contributed by atoms with Gasteiger partial charge in [-0.15, -0.1) is 0 Å². The fraction of sp³-hybridized carbons (Fsp3) is 0.500. The zero-order valence-corrected chi connectivity index (χ0v) is 7.83. The summed E-state index contributed by atoms with van der Waals surface area (Å²) >= 11 is 4.88. The molecule has 60 valence electrons. The second-order valence-electron chi connectivity index (χ2n) is 3.56.